The maximum Gasteiger partial charge on any atom is 0.425 e. The molecule has 1 aromatic carbocycles. The van der Waals surface area contributed by atoms with Crippen LogP contribution in [0.2, 0.25) is 0 Å². The molecule has 0 aliphatic rings. The van der Waals surface area contributed by atoms with Gasteiger partial charge >= 0.3 is 16.7 Å². The smallest absolute Gasteiger partial charge is 0.425 e. The van der Waals surface area contributed by atoms with Crippen LogP contribution in [0.25, 0.3) is 0 Å². The number of ether oxygens (including phenoxy) is 1. The van der Waals surface area contributed by atoms with Crippen LogP contribution in [-0.2, 0) is 28.5 Å². The van der Waals surface area contributed by atoms with Gasteiger partial charge < -0.3 is 10.1 Å². The van der Waals surface area contributed by atoms with Gasteiger partial charge in [0.2, 0.25) is 0 Å². The zero-order chi connectivity index (χ0) is 20.2. The molecule has 0 spiro atoms. The molecule has 2 rings (SSSR count). The van der Waals surface area contributed by atoms with Crippen LogP contribution in [0.5, 0.6) is 0 Å². The Balaban J connectivity index is 0.000000828. The molecule has 1 aromatic heterocycles. The number of hydrogen-bond acceptors (Lipinski definition) is 6. The lowest BCUT2D eigenvalue weighted by Gasteiger charge is -2.08. The van der Waals surface area contributed by atoms with Gasteiger partial charge in [0, 0.05) is 12.7 Å². The highest BCUT2D eigenvalue weighted by Gasteiger charge is 2.05. The Bertz CT molecular complexity index is 824. The second-order valence-corrected chi connectivity index (χ2v) is 6.56. The lowest BCUT2D eigenvalue weighted by molar-refractivity contribution is 0.139. The third-order valence-corrected chi connectivity index (χ3v) is 3.55. The van der Waals surface area contributed by atoms with Crippen molar-refractivity contribution in [2.24, 2.45) is 0 Å². The zero-order valence-electron chi connectivity index (χ0n) is 15.7. The van der Waals surface area contributed by atoms with Gasteiger partial charge in [0.1, 0.15) is 6.61 Å². The van der Waals surface area contributed by atoms with Crippen LogP contribution < -0.4 is 5.32 Å². The van der Waals surface area contributed by atoms with Crippen LogP contribution in [0, 0.1) is 0 Å². The fourth-order valence-electron chi connectivity index (χ4n) is 2.20. The van der Waals surface area contributed by atoms with Crippen LogP contribution in [0.15, 0.2) is 36.7 Å². The van der Waals surface area contributed by atoms with Crippen molar-refractivity contribution in [3.05, 3.63) is 53.3 Å². The lowest BCUT2D eigenvalue weighted by Crippen LogP contribution is -2.24. The molecular weight excluding hydrogens is 370 g/mol. The molecule has 1 N–H and O–H groups in total. The number of nitrogens with zero attached hydrogens (tertiary/aromatic N) is 2. The number of benzene rings is 1. The van der Waals surface area contributed by atoms with Gasteiger partial charge in [-0.05, 0) is 29.0 Å². The van der Waals surface area contributed by atoms with Crippen molar-refractivity contribution in [2.45, 2.75) is 46.3 Å². The van der Waals surface area contributed by atoms with E-state index in [2.05, 4.69) is 36.5 Å². The highest BCUT2D eigenvalue weighted by Crippen LogP contribution is 2.14. The average molecular weight is 395 g/mol. The van der Waals surface area contributed by atoms with Crippen molar-refractivity contribution in [1.29, 1.82) is 0 Å². The van der Waals surface area contributed by atoms with E-state index < -0.39 is 10.6 Å². The predicted octanol–water partition coefficient (Wildman–Crippen LogP) is 2.69. The summed E-state index contributed by atoms with van der Waals surface area (Å²) in [5.74, 6) is 0.477. The topological polar surface area (TPSA) is 107 Å². The van der Waals surface area contributed by atoms with Gasteiger partial charge in [0.05, 0.1) is 12.7 Å². The maximum atomic E-state index is 11.5. The van der Waals surface area contributed by atoms with Crippen molar-refractivity contribution in [1.82, 2.24) is 15.1 Å². The van der Waals surface area contributed by atoms with Gasteiger partial charge in [-0.3, -0.25) is 4.68 Å². The minimum Gasteiger partial charge on any atom is -0.445 e. The summed E-state index contributed by atoms with van der Waals surface area (Å²) in [6, 6.07) is 8.03. The molecule has 0 bridgehead atoms. The molecule has 0 fully saturated rings. The van der Waals surface area contributed by atoms with Crippen LogP contribution in [-0.4, -0.2) is 35.0 Å². The normalized spacial score (nSPS) is 10.1. The van der Waals surface area contributed by atoms with Crippen molar-refractivity contribution >= 4 is 16.7 Å². The molecule has 0 aliphatic carbocycles. The Morgan fingerprint density at radius 1 is 1.26 bits per heavy atom. The number of carbonyl (C=O) groups is 1. The summed E-state index contributed by atoms with van der Waals surface area (Å²) in [5.41, 5.74) is 3.35. The summed E-state index contributed by atoms with van der Waals surface area (Å²) in [5, 5.41) is 7.09. The maximum absolute atomic E-state index is 11.5. The van der Waals surface area contributed by atoms with E-state index >= 15 is 0 Å². The van der Waals surface area contributed by atoms with Crippen LogP contribution in [0.1, 0.15) is 49.8 Å². The minimum atomic E-state index is -3.11. The summed E-state index contributed by atoms with van der Waals surface area (Å²) in [6.45, 7) is 7.94. The summed E-state index contributed by atoms with van der Waals surface area (Å²) in [6.07, 6.45) is 4.51. The summed E-state index contributed by atoms with van der Waals surface area (Å²) in [4.78, 5) is 11.5. The van der Waals surface area contributed by atoms with Crippen molar-refractivity contribution in [3.8, 4) is 0 Å². The SMILES string of the molecule is CCCNC(=O)OCc1cccc(Cn2cc(C(C)C)cn2)c1.O=S(=O)=O. The van der Waals surface area contributed by atoms with Crippen molar-refractivity contribution < 1.29 is 22.2 Å². The fourth-order valence-corrected chi connectivity index (χ4v) is 2.20. The summed E-state index contributed by atoms with van der Waals surface area (Å²) < 4.78 is 32.5. The molecule has 0 saturated heterocycles. The second-order valence-electron chi connectivity index (χ2n) is 6.15. The second kappa shape index (κ2) is 11.8. The Hall–Kier alpha value is -2.68. The number of alkyl carbamates (subject to hydrolysis) is 1. The fraction of sp³-hybridized carbons (Fsp3) is 0.444. The minimum absolute atomic E-state index is 0.278. The molecule has 0 radical (unpaired) electrons. The molecule has 1 amide bonds. The first-order valence-electron chi connectivity index (χ1n) is 8.59. The van der Waals surface area contributed by atoms with Gasteiger partial charge in [0.25, 0.3) is 0 Å². The lowest BCUT2D eigenvalue weighted by atomic mass is 10.1. The van der Waals surface area contributed by atoms with E-state index in [0.717, 1.165) is 17.5 Å². The molecule has 0 aliphatic heterocycles. The molecule has 9 heteroatoms. The molecular formula is C18H25N3O5S. The van der Waals surface area contributed by atoms with Gasteiger partial charge in [0.15, 0.2) is 0 Å². The number of aromatic nitrogens is 2. The Morgan fingerprint density at radius 3 is 2.52 bits per heavy atom. The van der Waals surface area contributed by atoms with E-state index in [0.29, 0.717) is 19.0 Å². The van der Waals surface area contributed by atoms with Crippen molar-refractivity contribution in [2.75, 3.05) is 6.54 Å². The number of nitrogens with one attached hydrogen (secondary N) is 1. The molecule has 0 unspecified atom stereocenters. The van der Waals surface area contributed by atoms with Gasteiger partial charge in [-0.2, -0.15) is 5.10 Å². The first-order chi connectivity index (χ1) is 12.8. The highest BCUT2D eigenvalue weighted by atomic mass is 32.2. The zero-order valence-corrected chi connectivity index (χ0v) is 16.5. The van der Waals surface area contributed by atoms with Crippen LogP contribution >= 0.6 is 0 Å². The van der Waals surface area contributed by atoms with E-state index in [1.54, 1.807) is 0 Å². The first-order valence-corrected chi connectivity index (χ1v) is 9.59. The van der Waals surface area contributed by atoms with Crippen molar-refractivity contribution in [3.63, 3.8) is 0 Å². The highest BCUT2D eigenvalue weighted by molar-refractivity contribution is 7.59. The van der Waals surface area contributed by atoms with Crippen LogP contribution in [0.3, 0.4) is 0 Å². The molecule has 8 nitrogen and oxygen atoms in total. The van der Waals surface area contributed by atoms with E-state index in [1.807, 2.05) is 36.0 Å². The van der Waals surface area contributed by atoms with E-state index in [9.17, 15) is 4.79 Å². The van der Waals surface area contributed by atoms with E-state index in [-0.39, 0.29) is 12.7 Å². The quantitative estimate of drug-likeness (QED) is 0.772. The van der Waals surface area contributed by atoms with Gasteiger partial charge in [-0.15, -0.1) is 12.6 Å². The van der Waals surface area contributed by atoms with Crippen LogP contribution in [0.4, 0.5) is 4.79 Å². The standard InChI is InChI=1S/C18H25N3O2.O3S/c1-4-8-19-18(22)23-13-16-7-5-6-15(9-16)11-21-12-17(10-20-21)14(2)3;1-4(2)3/h5-7,9-10,12,14H,4,8,11,13H2,1-3H3,(H,19,22);. The third-order valence-electron chi connectivity index (χ3n) is 3.55. The summed E-state index contributed by atoms with van der Waals surface area (Å²) >= 11 is 0. The van der Waals surface area contributed by atoms with E-state index in [4.69, 9.17) is 17.4 Å². The van der Waals surface area contributed by atoms with Gasteiger partial charge in [-0.1, -0.05) is 45.0 Å². The first kappa shape index (κ1) is 22.4. The monoisotopic (exact) mass is 395 g/mol. The molecule has 27 heavy (non-hydrogen) atoms. The Labute approximate surface area is 160 Å². The average Bonchev–Trinajstić information content (AvgIpc) is 3.07. The Kier molecular flexibility index (Phi) is 9.81. The molecule has 148 valence electrons. The third kappa shape index (κ3) is 9.55. The molecule has 1 heterocycles. The Morgan fingerprint density at radius 2 is 1.93 bits per heavy atom. The summed E-state index contributed by atoms with van der Waals surface area (Å²) in [7, 11) is -3.11. The number of amides is 1. The molecule has 0 saturated carbocycles. The largest absolute Gasteiger partial charge is 0.445 e. The number of carbonyl (C=O) groups excluding carboxylic acids is 1. The van der Waals surface area contributed by atoms with E-state index in [1.165, 1.54) is 5.56 Å². The van der Waals surface area contributed by atoms with Gasteiger partial charge in [-0.25, -0.2) is 4.79 Å². The number of hydrogen-bond donors (Lipinski definition) is 1. The number of rotatable bonds is 7. The molecule has 2 aromatic rings. The predicted molar refractivity (Wildman–Crippen MR) is 100 cm³/mol. The molecule has 0 atom stereocenters.